The lowest BCUT2D eigenvalue weighted by Crippen LogP contribution is -2.13. The first-order valence-electron chi connectivity index (χ1n) is 4.42. The maximum Gasteiger partial charge on any atom is 0.382 e. The predicted molar refractivity (Wildman–Crippen MR) is 65.0 cm³/mol. The van der Waals surface area contributed by atoms with Crippen molar-refractivity contribution in [1.82, 2.24) is 4.98 Å². The molecular weight excluding hydrogens is 286 g/mol. The average molecular weight is 295 g/mol. The van der Waals surface area contributed by atoms with E-state index >= 15 is 0 Å². The molecule has 0 aliphatic rings. The normalized spacial score (nSPS) is 8.94. The standard InChI is InChI=1S/C9H4Cl2FNO3.CH5N/c1-4(9(15)16-12)8(14)5-3-13-7(11)2-6(5)10;1-2/h2-3H,1H2;2H2,1H3. The molecule has 0 fully saturated rings. The highest BCUT2D eigenvalue weighted by Gasteiger charge is 2.22. The van der Waals surface area contributed by atoms with Crippen LogP contribution in [0.5, 0.6) is 0 Å². The Hall–Kier alpha value is -1.50. The Morgan fingerprint density at radius 3 is 2.44 bits per heavy atom. The molecule has 0 aliphatic carbocycles. The van der Waals surface area contributed by atoms with Crippen molar-refractivity contribution < 1.29 is 19.1 Å². The van der Waals surface area contributed by atoms with Crippen LogP contribution < -0.4 is 5.73 Å². The molecule has 0 saturated heterocycles. The number of nitrogens with two attached hydrogens (primary N) is 1. The van der Waals surface area contributed by atoms with Crippen LogP contribution >= 0.6 is 23.2 Å². The van der Waals surface area contributed by atoms with Crippen molar-refractivity contribution >= 4 is 35.0 Å². The Morgan fingerprint density at radius 2 is 2.00 bits per heavy atom. The van der Waals surface area contributed by atoms with E-state index in [1.807, 2.05) is 0 Å². The molecule has 18 heavy (non-hydrogen) atoms. The first-order valence-corrected chi connectivity index (χ1v) is 5.18. The zero-order chi connectivity index (χ0) is 14.3. The van der Waals surface area contributed by atoms with Gasteiger partial charge in [-0.3, -0.25) is 4.79 Å². The summed E-state index contributed by atoms with van der Waals surface area (Å²) in [6.45, 7) is 3.08. The van der Waals surface area contributed by atoms with Crippen molar-refractivity contribution in [2.45, 2.75) is 0 Å². The SMILES string of the molecule is C=C(C(=O)OF)C(=O)c1cnc(Cl)cc1Cl.CN. The Balaban J connectivity index is 0.00000137. The molecule has 0 atom stereocenters. The maximum atomic E-state index is 11.5. The number of nitrogens with zero attached hydrogens (tertiary/aromatic N) is 1. The molecule has 0 bridgehead atoms. The third kappa shape index (κ3) is 4.06. The van der Waals surface area contributed by atoms with E-state index in [9.17, 15) is 14.1 Å². The van der Waals surface area contributed by atoms with Gasteiger partial charge in [0.05, 0.1) is 10.6 Å². The fourth-order valence-electron chi connectivity index (χ4n) is 0.876. The van der Waals surface area contributed by atoms with E-state index in [0.717, 1.165) is 6.20 Å². The molecule has 1 rings (SSSR count). The first kappa shape index (κ1) is 16.5. The number of hydrogen-bond donors (Lipinski definition) is 1. The highest BCUT2D eigenvalue weighted by molar-refractivity contribution is 6.38. The smallest absolute Gasteiger partial charge is 0.333 e. The summed E-state index contributed by atoms with van der Waals surface area (Å²) < 4.78 is 11.5. The van der Waals surface area contributed by atoms with Crippen LogP contribution in [-0.4, -0.2) is 23.8 Å². The lowest BCUT2D eigenvalue weighted by atomic mass is 10.1. The fraction of sp³-hybridized carbons (Fsp3) is 0.100. The minimum Gasteiger partial charge on any atom is -0.333 e. The molecule has 0 aromatic carbocycles. The minimum absolute atomic E-state index is 0.0159. The quantitative estimate of drug-likeness (QED) is 0.304. The minimum atomic E-state index is -1.48. The molecule has 0 saturated carbocycles. The molecule has 0 unspecified atom stereocenters. The van der Waals surface area contributed by atoms with Gasteiger partial charge in [0.2, 0.25) is 5.78 Å². The van der Waals surface area contributed by atoms with Crippen LogP contribution in [-0.2, 0) is 9.74 Å². The van der Waals surface area contributed by atoms with Crippen molar-refractivity contribution in [2.24, 2.45) is 5.73 Å². The summed E-state index contributed by atoms with van der Waals surface area (Å²) in [6.07, 6.45) is 1.06. The highest BCUT2D eigenvalue weighted by Crippen LogP contribution is 2.21. The summed E-state index contributed by atoms with van der Waals surface area (Å²) >= 11 is 11.2. The maximum absolute atomic E-state index is 11.5. The third-order valence-corrected chi connectivity index (χ3v) is 2.17. The van der Waals surface area contributed by atoms with E-state index in [1.165, 1.54) is 13.1 Å². The predicted octanol–water partition coefficient (Wildman–Crippen LogP) is 2.13. The van der Waals surface area contributed by atoms with Crippen LogP contribution in [0.2, 0.25) is 10.2 Å². The zero-order valence-corrected chi connectivity index (χ0v) is 10.8. The van der Waals surface area contributed by atoms with E-state index in [4.69, 9.17) is 23.2 Å². The lowest BCUT2D eigenvalue weighted by molar-refractivity contribution is -0.177. The van der Waals surface area contributed by atoms with Crippen LogP contribution in [0.25, 0.3) is 0 Å². The van der Waals surface area contributed by atoms with Gasteiger partial charge in [-0.2, -0.15) is 0 Å². The fourth-order valence-corrected chi connectivity index (χ4v) is 1.33. The second-order valence-corrected chi connectivity index (χ2v) is 3.45. The second kappa shape index (κ2) is 7.75. The molecule has 0 radical (unpaired) electrons. The van der Waals surface area contributed by atoms with Crippen LogP contribution in [0.1, 0.15) is 10.4 Å². The largest absolute Gasteiger partial charge is 0.382 e. The molecule has 0 aliphatic heterocycles. The van der Waals surface area contributed by atoms with Gasteiger partial charge >= 0.3 is 5.97 Å². The number of aromatic nitrogens is 1. The summed E-state index contributed by atoms with van der Waals surface area (Å²) in [4.78, 5) is 28.7. The van der Waals surface area contributed by atoms with Crippen LogP contribution in [0.4, 0.5) is 4.53 Å². The molecule has 8 heteroatoms. The summed E-state index contributed by atoms with van der Waals surface area (Å²) in [5, 5.41) is 0.0676. The van der Waals surface area contributed by atoms with Crippen LogP contribution in [0, 0.1) is 0 Å². The van der Waals surface area contributed by atoms with Gasteiger partial charge in [0.15, 0.2) is 0 Å². The van der Waals surface area contributed by atoms with Crippen molar-refractivity contribution in [3.8, 4) is 0 Å². The Morgan fingerprint density at radius 1 is 1.44 bits per heavy atom. The van der Waals surface area contributed by atoms with Gasteiger partial charge in [-0.1, -0.05) is 29.8 Å². The van der Waals surface area contributed by atoms with E-state index in [-0.39, 0.29) is 15.7 Å². The molecule has 1 aromatic heterocycles. The van der Waals surface area contributed by atoms with Crippen molar-refractivity contribution in [2.75, 3.05) is 7.05 Å². The molecule has 2 N–H and O–H groups in total. The van der Waals surface area contributed by atoms with E-state index in [2.05, 4.69) is 22.2 Å². The van der Waals surface area contributed by atoms with E-state index in [1.54, 1.807) is 0 Å². The zero-order valence-electron chi connectivity index (χ0n) is 9.25. The van der Waals surface area contributed by atoms with Crippen molar-refractivity contribution in [1.29, 1.82) is 0 Å². The Labute approximate surface area is 112 Å². The molecular formula is C10H9Cl2FN2O3. The second-order valence-electron chi connectivity index (χ2n) is 2.66. The van der Waals surface area contributed by atoms with Gasteiger partial charge in [-0.15, -0.1) is 0 Å². The molecule has 0 spiro atoms. The monoisotopic (exact) mass is 294 g/mol. The lowest BCUT2D eigenvalue weighted by Gasteiger charge is -2.02. The van der Waals surface area contributed by atoms with Crippen molar-refractivity contribution in [3.05, 3.63) is 40.2 Å². The molecule has 0 amide bonds. The number of carbonyl (C=O) groups is 2. The van der Waals surface area contributed by atoms with Gasteiger partial charge < -0.3 is 5.73 Å². The van der Waals surface area contributed by atoms with Gasteiger partial charge in [0, 0.05) is 10.7 Å². The molecule has 98 valence electrons. The Kier molecular flexibility index (Phi) is 7.11. The molecule has 5 nitrogen and oxygen atoms in total. The van der Waals surface area contributed by atoms with E-state index in [0.29, 0.717) is 0 Å². The number of hydrogen-bond acceptors (Lipinski definition) is 5. The topological polar surface area (TPSA) is 82.3 Å². The van der Waals surface area contributed by atoms with Gasteiger partial charge in [0.25, 0.3) is 0 Å². The average Bonchev–Trinajstić information content (AvgIpc) is 2.38. The van der Waals surface area contributed by atoms with Gasteiger partial charge in [-0.25, -0.2) is 14.7 Å². The summed E-state index contributed by atoms with van der Waals surface area (Å²) in [6, 6.07) is 1.21. The summed E-state index contributed by atoms with van der Waals surface area (Å²) in [5.41, 5.74) is 3.70. The van der Waals surface area contributed by atoms with E-state index < -0.39 is 17.3 Å². The third-order valence-electron chi connectivity index (χ3n) is 1.66. The summed E-state index contributed by atoms with van der Waals surface area (Å²) in [7, 11) is 1.50. The van der Waals surface area contributed by atoms with Gasteiger partial charge in [0.1, 0.15) is 10.7 Å². The van der Waals surface area contributed by atoms with Crippen molar-refractivity contribution in [3.63, 3.8) is 0 Å². The van der Waals surface area contributed by atoms with Crippen LogP contribution in [0.15, 0.2) is 24.4 Å². The first-order chi connectivity index (χ1) is 8.47. The number of rotatable bonds is 3. The van der Waals surface area contributed by atoms with Gasteiger partial charge in [-0.05, 0) is 13.1 Å². The highest BCUT2D eigenvalue weighted by atomic mass is 35.5. The number of halogens is 3. The molecule has 1 heterocycles. The van der Waals surface area contributed by atoms with Crippen LogP contribution in [0.3, 0.4) is 0 Å². The molecule has 1 aromatic rings. The number of ketones is 1. The Bertz CT molecular complexity index is 480. The number of carbonyl (C=O) groups excluding carboxylic acids is 2. The summed E-state index contributed by atoms with van der Waals surface area (Å²) in [5.74, 6) is -2.35. The number of pyridine rings is 1. The number of Topliss-reactive ketones (excluding diaryl/α,β-unsaturated/α-hetero) is 1.